The van der Waals surface area contributed by atoms with E-state index in [9.17, 15) is 19.5 Å². The minimum atomic E-state index is -0.933. The van der Waals surface area contributed by atoms with Gasteiger partial charge in [0.1, 0.15) is 16.4 Å². The first-order valence-electron chi connectivity index (χ1n) is 12.5. The minimum Gasteiger partial charge on any atom is -0.507 e. The summed E-state index contributed by atoms with van der Waals surface area (Å²) in [6, 6.07) is 13.2. The molecule has 0 radical (unpaired) electrons. The summed E-state index contributed by atoms with van der Waals surface area (Å²) in [6.45, 7) is 8.08. The molecular formula is C29H30N2O6S. The van der Waals surface area contributed by atoms with Gasteiger partial charge in [0.2, 0.25) is 0 Å². The van der Waals surface area contributed by atoms with E-state index in [0.717, 1.165) is 29.7 Å². The summed E-state index contributed by atoms with van der Waals surface area (Å²) in [4.78, 5) is 45.1. The minimum absolute atomic E-state index is 0.0502. The van der Waals surface area contributed by atoms with Gasteiger partial charge >= 0.3 is 11.9 Å². The molecule has 1 fully saturated rings. The number of rotatable bonds is 9. The molecular weight excluding hydrogens is 504 g/mol. The van der Waals surface area contributed by atoms with Crippen LogP contribution in [0.3, 0.4) is 0 Å². The maximum atomic E-state index is 13.4. The predicted molar refractivity (Wildman–Crippen MR) is 146 cm³/mol. The average molecular weight is 535 g/mol. The van der Waals surface area contributed by atoms with Crippen LogP contribution in [0.25, 0.3) is 5.76 Å². The summed E-state index contributed by atoms with van der Waals surface area (Å²) in [5.41, 5.74) is 2.16. The number of hydrogen-bond donors (Lipinski definition) is 1. The van der Waals surface area contributed by atoms with Gasteiger partial charge in [-0.1, -0.05) is 55.0 Å². The lowest BCUT2D eigenvalue weighted by atomic mass is 9.95. The Morgan fingerprint density at radius 3 is 2.50 bits per heavy atom. The molecule has 1 saturated heterocycles. The molecule has 2 heterocycles. The van der Waals surface area contributed by atoms with Crippen LogP contribution in [0.5, 0.6) is 5.75 Å². The Morgan fingerprint density at radius 1 is 1.11 bits per heavy atom. The number of thiazole rings is 1. The number of hydrogen-bond acceptors (Lipinski definition) is 8. The number of nitrogens with zero attached hydrogens (tertiary/aromatic N) is 2. The first-order valence-corrected chi connectivity index (χ1v) is 13.3. The van der Waals surface area contributed by atoms with Crippen molar-refractivity contribution in [2.24, 2.45) is 0 Å². The summed E-state index contributed by atoms with van der Waals surface area (Å²) >= 11 is 0.979. The Kier molecular flexibility index (Phi) is 8.26. The molecule has 1 atom stereocenters. The second-order valence-electron chi connectivity index (χ2n) is 8.89. The molecule has 0 spiro atoms. The zero-order valence-corrected chi connectivity index (χ0v) is 22.6. The van der Waals surface area contributed by atoms with E-state index >= 15 is 0 Å². The molecule has 1 aliphatic heterocycles. The van der Waals surface area contributed by atoms with Gasteiger partial charge in [0.25, 0.3) is 5.78 Å². The van der Waals surface area contributed by atoms with Crippen molar-refractivity contribution in [2.45, 2.75) is 46.6 Å². The van der Waals surface area contributed by atoms with E-state index < -0.39 is 23.7 Å². The van der Waals surface area contributed by atoms with Crippen molar-refractivity contribution in [3.05, 3.63) is 81.4 Å². The van der Waals surface area contributed by atoms with Crippen molar-refractivity contribution in [1.82, 2.24) is 4.98 Å². The van der Waals surface area contributed by atoms with Crippen molar-refractivity contribution in [1.29, 1.82) is 0 Å². The highest BCUT2D eigenvalue weighted by Gasteiger charge is 2.48. The number of anilines is 1. The zero-order chi connectivity index (χ0) is 27.4. The maximum absolute atomic E-state index is 13.4. The molecule has 0 saturated carbocycles. The number of unbranched alkanes of at least 4 members (excludes halogenated alkanes) is 1. The Balaban J connectivity index is 1.81. The van der Waals surface area contributed by atoms with Crippen LogP contribution in [0.15, 0.2) is 54.1 Å². The maximum Gasteiger partial charge on any atom is 0.350 e. The third-order valence-corrected chi connectivity index (χ3v) is 7.35. The van der Waals surface area contributed by atoms with E-state index in [0.29, 0.717) is 29.2 Å². The molecule has 1 amide bonds. The number of carbonyl (C=O) groups excluding carboxylic acids is 3. The van der Waals surface area contributed by atoms with Gasteiger partial charge in [0.15, 0.2) is 5.13 Å². The SMILES string of the molecule is CCCCOc1ccc(/C(O)=C2\C(=O)C(=O)N(c3nc(C)c(C(=O)OCC)s3)C2c2ccccc2)cc1C. The molecule has 38 heavy (non-hydrogen) atoms. The summed E-state index contributed by atoms with van der Waals surface area (Å²) < 4.78 is 10.9. The highest BCUT2D eigenvalue weighted by molar-refractivity contribution is 7.17. The Morgan fingerprint density at radius 2 is 1.84 bits per heavy atom. The lowest BCUT2D eigenvalue weighted by Gasteiger charge is -2.23. The monoisotopic (exact) mass is 534 g/mol. The van der Waals surface area contributed by atoms with Crippen LogP contribution in [0.4, 0.5) is 5.13 Å². The number of ether oxygens (including phenoxy) is 2. The number of amides is 1. The van der Waals surface area contributed by atoms with E-state index in [-0.39, 0.29) is 27.9 Å². The highest BCUT2D eigenvalue weighted by atomic mass is 32.1. The zero-order valence-electron chi connectivity index (χ0n) is 21.8. The molecule has 4 rings (SSSR count). The van der Waals surface area contributed by atoms with Crippen molar-refractivity contribution >= 4 is 39.9 Å². The molecule has 2 aromatic carbocycles. The number of Topliss-reactive ketones (excluding diaryl/α,β-unsaturated/α-hetero) is 1. The molecule has 0 bridgehead atoms. The Bertz CT molecular complexity index is 1400. The van der Waals surface area contributed by atoms with Gasteiger partial charge in [0.05, 0.1) is 30.5 Å². The van der Waals surface area contributed by atoms with Crippen LogP contribution in [0.2, 0.25) is 0 Å². The van der Waals surface area contributed by atoms with E-state index in [1.807, 2.05) is 13.0 Å². The summed E-state index contributed by atoms with van der Waals surface area (Å²) in [5, 5.41) is 11.6. The van der Waals surface area contributed by atoms with Gasteiger partial charge in [-0.25, -0.2) is 9.78 Å². The first-order chi connectivity index (χ1) is 18.3. The molecule has 1 N–H and O–H groups in total. The van der Waals surface area contributed by atoms with Gasteiger partial charge in [-0.15, -0.1) is 0 Å². The molecule has 198 valence electrons. The van der Waals surface area contributed by atoms with Crippen LogP contribution >= 0.6 is 11.3 Å². The van der Waals surface area contributed by atoms with Gasteiger partial charge in [-0.2, -0.15) is 0 Å². The Hall–Kier alpha value is -3.98. The summed E-state index contributed by atoms with van der Waals surface area (Å²) in [7, 11) is 0. The fourth-order valence-electron chi connectivity index (χ4n) is 4.29. The third-order valence-electron chi connectivity index (χ3n) is 6.22. The molecule has 1 unspecified atom stereocenters. The van der Waals surface area contributed by atoms with E-state index in [4.69, 9.17) is 9.47 Å². The number of benzene rings is 2. The van der Waals surface area contributed by atoms with Crippen LogP contribution < -0.4 is 9.64 Å². The van der Waals surface area contributed by atoms with Gasteiger partial charge in [-0.3, -0.25) is 14.5 Å². The predicted octanol–water partition coefficient (Wildman–Crippen LogP) is 5.74. The van der Waals surface area contributed by atoms with E-state index in [1.54, 1.807) is 56.3 Å². The highest BCUT2D eigenvalue weighted by Crippen LogP contribution is 2.44. The van der Waals surface area contributed by atoms with E-state index in [2.05, 4.69) is 11.9 Å². The summed E-state index contributed by atoms with van der Waals surface area (Å²) in [5.74, 6) is -1.80. The van der Waals surface area contributed by atoms with Crippen LogP contribution in [0, 0.1) is 13.8 Å². The second-order valence-corrected chi connectivity index (χ2v) is 9.87. The number of aromatic nitrogens is 1. The largest absolute Gasteiger partial charge is 0.507 e. The van der Waals surface area contributed by atoms with Crippen molar-refractivity contribution < 1.29 is 29.0 Å². The van der Waals surface area contributed by atoms with Crippen LogP contribution in [-0.4, -0.2) is 41.0 Å². The Labute approximate surface area is 225 Å². The molecule has 9 heteroatoms. The van der Waals surface area contributed by atoms with Crippen molar-refractivity contribution in [3.8, 4) is 5.75 Å². The number of aliphatic hydroxyl groups is 1. The van der Waals surface area contributed by atoms with Gasteiger partial charge in [-0.05, 0) is 56.5 Å². The second kappa shape index (κ2) is 11.6. The molecule has 3 aromatic rings. The van der Waals surface area contributed by atoms with Gasteiger partial charge < -0.3 is 14.6 Å². The number of ketones is 1. The standard InChI is InChI=1S/C29H30N2O6S/c1-5-7-15-37-21-14-13-20(16-17(21)3)24(32)22-23(19-11-9-8-10-12-19)31(27(34)25(22)33)29-30-18(4)26(38-29)28(35)36-6-2/h8-14,16,23,32H,5-7,15H2,1-4H3/b24-22+. The normalized spacial score (nSPS) is 16.6. The molecule has 8 nitrogen and oxygen atoms in total. The fraction of sp³-hybridized carbons (Fsp3) is 0.310. The third kappa shape index (κ3) is 5.19. The number of carbonyl (C=O) groups is 3. The number of aryl methyl sites for hydroxylation is 2. The topological polar surface area (TPSA) is 106 Å². The number of aliphatic hydroxyl groups excluding tert-OH is 1. The van der Waals surface area contributed by atoms with Crippen LogP contribution in [0.1, 0.15) is 64.8 Å². The molecule has 1 aliphatic rings. The fourth-order valence-corrected chi connectivity index (χ4v) is 5.28. The van der Waals surface area contributed by atoms with E-state index in [1.165, 1.54) is 4.90 Å². The molecule has 0 aliphatic carbocycles. The quantitative estimate of drug-likeness (QED) is 0.123. The lowest BCUT2D eigenvalue weighted by Crippen LogP contribution is -2.29. The van der Waals surface area contributed by atoms with Crippen LogP contribution in [-0.2, 0) is 14.3 Å². The lowest BCUT2D eigenvalue weighted by molar-refractivity contribution is -0.132. The number of esters is 1. The molecule has 1 aromatic heterocycles. The van der Waals surface area contributed by atoms with Crippen molar-refractivity contribution in [3.63, 3.8) is 0 Å². The first kappa shape index (κ1) is 27.1. The summed E-state index contributed by atoms with van der Waals surface area (Å²) in [6.07, 6.45) is 1.94. The van der Waals surface area contributed by atoms with Crippen molar-refractivity contribution in [2.75, 3.05) is 18.1 Å². The smallest absolute Gasteiger partial charge is 0.350 e. The average Bonchev–Trinajstić information content (AvgIpc) is 3.42. The van der Waals surface area contributed by atoms with Gasteiger partial charge in [0, 0.05) is 5.56 Å².